The molecule has 0 amide bonds. The highest BCUT2D eigenvalue weighted by molar-refractivity contribution is 7.85. The van der Waals surface area contributed by atoms with E-state index in [0.29, 0.717) is 0 Å². The Kier molecular flexibility index (Phi) is 4.50. The van der Waals surface area contributed by atoms with Crippen molar-refractivity contribution in [2.24, 2.45) is 5.73 Å². The molecule has 0 aliphatic carbocycles. The fourth-order valence-corrected chi connectivity index (χ4v) is 1.40. The normalized spacial score (nSPS) is 16.2. The largest absolute Gasteiger partial charge is 0.480 e. The maximum absolute atomic E-state index is 10.5. The molecular weight excluding hydrogens is 210 g/mol. The van der Waals surface area contributed by atoms with Crippen molar-refractivity contribution in [3.8, 4) is 0 Å². The van der Waals surface area contributed by atoms with Crippen LogP contribution in [0.15, 0.2) is 0 Å². The van der Waals surface area contributed by atoms with Crippen LogP contribution < -0.4 is 5.73 Å². The highest BCUT2D eigenvalue weighted by Gasteiger charge is 2.27. The lowest BCUT2D eigenvalue weighted by molar-refractivity contribution is -0.141. The molecule has 0 aromatic carbocycles. The van der Waals surface area contributed by atoms with E-state index in [0.717, 1.165) is 0 Å². The summed E-state index contributed by atoms with van der Waals surface area (Å²) < 4.78 is 28.9. The van der Waals surface area contributed by atoms with Gasteiger partial charge in [-0.1, -0.05) is 0 Å². The van der Waals surface area contributed by atoms with Crippen LogP contribution in [0.2, 0.25) is 0 Å². The zero-order chi connectivity index (χ0) is 11.4. The lowest BCUT2D eigenvalue weighted by atomic mass is 9.97. The minimum atomic E-state index is -3.97. The molecule has 0 spiro atoms. The second-order valence-corrected chi connectivity index (χ2v) is 4.78. The summed E-state index contributed by atoms with van der Waals surface area (Å²) in [5.74, 6) is -1.62. The molecule has 0 aromatic rings. The van der Waals surface area contributed by atoms with Crippen LogP contribution in [-0.2, 0) is 14.9 Å². The van der Waals surface area contributed by atoms with E-state index in [-0.39, 0.29) is 25.0 Å². The first-order valence-electron chi connectivity index (χ1n) is 3.98. The molecule has 1 atom stereocenters. The van der Waals surface area contributed by atoms with Gasteiger partial charge in [-0.05, 0) is 26.2 Å². The van der Waals surface area contributed by atoms with Gasteiger partial charge in [0.15, 0.2) is 0 Å². The Bertz CT molecular complexity index is 295. The number of rotatable bonds is 6. The lowest BCUT2D eigenvalue weighted by Crippen LogP contribution is -2.45. The fourth-order valence-electron chi connectivity index (χ4n) is 0.832. The Labute approximate surface area is 82.9 Å². The van der Waals surface area contributed by atoms with E-state index in [4.69, 9.17) is 15.4 Å². The zero-order valence-corrected chi connectivity index (χ0v) is 8.46. The molecule has 0 fully saturated rings. The van der Waals surface area contributed by atoms with Gasteiger partial charge in [0.05, 0.1) is 5.75 Å². The Morgan fingerprint density at radius 1 is 1.43 bits per heavy atom. The van der Waals surface area contributed by atoms with Gasteiger partial charge < -0.3 is 10.8 Å². The summed E-state index contributed by atoms with van der Waals surface area (Å²) in [7, 11) is -3.97. The molecule has 6 nitrogen and oxygen atoms in total. The second kappa shape index (κ2) is 4.72. The van der Waals surface area contributed by atoms with Gasteiger partial charge in [0, 0.05) is 0 Å². The van der Waals surface area contributed by atoms with E-state index in [1.54, 1.807) is 0 Å². The van der Waals surface area contributed by atoms with Gasteiger partial charge in [0.1, 0.15) is 5.54 Å². The van der Waals surface area contributed by atoms with Crippen molar-refractivity contribution in [1.82, 2.24) is 0 Å². The number of aliphatic carboxylic acids is 1. The van der Waals surface area contributed by atoms with Crippen LogP contribution in [0.25, 0.3) is 0 Å². The number of hydrogen-bond donors (Lipinski definition) is 3. The molecule has 0 rings (SSSR count). The third-order valence-electron chi connectivity index (χ3n) is 1.70. The van der Waals surface area contributed by atoms with Crippen LogP contribution >= 0.6 is 0 Å². The minimum absolute atomic E-state index is 0.0673. The molecule has 0 saturated heterocycles. The molecule has 1 unspecified atom stereocenters. The van der Waals surface area contributed by atoms with Gasteiger partial charge in [-0.2, -0.15) is 8.42 Å². The molecule has 1 radical (unpaired) electrons. The molecular formula is C7H14NO5S. The van der Waals surface area contributed by atoms with Gasteiger partial charge >= 0.3 is 5.97 Å². The first-order valence-corrected chi connectivity index (χ1v) is 5.59. The Morgan fingerprint density at radius 3 is 2.29 bits per heavy atom. The molecule has 0 saturated carbocycles. The number of carbonyl (C=O) groups is 1. The summed E-state index contributed by atoms with van der Waals surface area (Å²) in [5.41, 5.74) is 3.70. The van der Waals surface area contributed by atoms with Crippen molar-refractivity contribution < 1.29 is 22.9 Å². The summed E-state index contributed by atoms with van der Waals surface area (Å²) in [5, 5.41) is 8.55. The van der Waals surface area contributed by atoms with Gasteiger partial charge in [-0.25, -0.2) is 0 Å². The quantitative estimate of drug-likeness (QED) is 0.419. The maximum atomic E-state index is 10.5. The number of carboxylic acid groups (broad SMARTS) is 1. The molecule has 0 aliphatic heterocycles. The average molecular weight is 224 g/mol. The highest BCUT2D eigenvalue weighted by Crippen LogP contribution is 2.10. The maximum Gasteiger partial charge on any atom is 0.323 e. The van der Waals surface area contributed by atoms with Crippen LogP contribution in [0.1, 0.15) is 19.3 Å². The van der Waals surface area contributed by atoms with Crippen molar-refractivity contribution in [3.05, 3.63) is 6.92 Å². The molecule has 7 heteroatoms. The van der Waals surface area contributed by atoms with Gasteiger partial charge in [-0.3, -0.25) is 9.35 Å². The summed E-state index contributed by atoms with van der Waals surface area (Å²) in [4.78, 5) is 10.5. The molecule has 0 aliphatic rings. The van der Waals surface area contributed by atoms with E-state index in [9.17, 15) is 13.2 Å². The molecule has 4 N–H and O–H groups in total. The van der Waals surface area contributed by atoms with Crippen LogP contribution in [0.5, 0.6) is 0 Å². The Hall–Kier alpha value is -0.660. The molecule has 0 bridgehead atoms. The van der Waals surface area contributed by atoms with E-state index in [1.807, 2.05) is 0 Å². The predicted octanol–water partition coefficient (Wildman–Crippen LogP) is -0.339. The third kappa shape index (κ3) is 5.90. The second-order valence-electron chi connectivity index (χ2n) is 3.20. The van der Waals surface area contributed by atoms with Crippen LogP contribution in [0.4, 0.5) is 0 Å². The lowest BCUT2D eigenvalue weighted by Gasteiger charge is -2.17. The monoisotopic (exact) mass is 224 g/mol. The number of carboxylic acids is 1. The standard InChI is InChI=1S/C7H14NO5S/c1-7(8,6(9)10)4-2-3-5-14(11,12)13/h1-5,8H2,(H,9,10)(H,11,12,13). The smallest absolute Gasteiger partial charge is 0.323 e. The molecule has 0 aromatic heterocycles. The minimum Gasteiger partial charge on any atom is -0.480 e. The van der Waals surface area contributed by atoms with E-state index in [1.165, 1.54) is 0 Å². The average Bonchev–Trinajstić information content (AvgIpc) is 1.96. The fraction of sp³-hybridized carbons (Fsp3) is 0.714. The molecule has 83 valence electrons. The zero-order valence-electron chi connectivity index (χ0n) is 7.64. The van der Waals surface area contributed by atoms with E-state index in [2.05, 4.69) is 6.92 Å². The summed E-state index contributed by atoms with van der Waals surface area (Å²) in [6.07, 6.45) is 0.518. The van der Waals surface area contributed by atoms with Crippen molar-refractivity contribution in [2.75, 3.05) is 5.75 Å². The SMILES string of the molecule is [CH2]C(N)(CCCCS(=O)(=O)O)C(=O)O. The van der Waals surface area contributed by atoms with Crippen molar-refractivity contribution in [1.29, 1.82) is 0 Å². The molecule has 0 heterocycles. The van der Waals surface area contributed by atoms with Crippen LogP contribution in [0, 0.1) is 6.92 Å². The van der Waals surface area contributed by atoms with Crippen LogP contribution in [0.3, 0.4) is 0 Å². The van der Waals surface area contributed by atoms with Crippen molar-refractivity contribution >= 4 is 16.1 Å². The van der Waals surface area contributed by atoms with Gasteiger partial charge in [0.25, 0.3) is 10.1 Å². The highest BCUT2D eigenvalue weighted by atomic mass is 32.2. The number of hydrogen-bond acceptors (Lipinski definition) is 4. The van der Waals surface area contributed by atoms with E-state index >= 15 is 0 Å². The summed E-state index contributed by atoms with van der Waals surface area (Å²) in [6, 6.07) is 0. The summed E-state index contributed by atoms with van der Waals surface area (Å²) >= 11 is 0. The molecule has 14 heavy (non-hydrogen) atoms. The number of nitrogens with two attached hydrogens (primary N) is 1. The first-order chi connectivity index (χ1) is 6.15. The summed E-state index contributed by atoms with van der Waals surface area (Å²) in [6.45, 7) is 3.27. The Morgan fingerprint density at radius 2 is 1.93 bits per heavy atom. The third-order valence-corrected chi connectivity index (χ3v) is 2.51. The van der Waals surface area contributed by atoms with Crippen LogP contribution in [-0.4, -0.2) is 35.3 Å². The van der Waals surface area contributed by atoms with Crippen molar-refractivity contribution in [2.45, 2.75) is 24.8 Å². The number of unbranched alkanes of at least 4 members (excludes halogenated alkanes) is 1. The van der Waals surface area contributed by atoms with Crippen molar-refractivity contribution in [3.63, 3.8) is 0 Å². The first kappa shape index (κ1) is 13.3. The van der Waals surface area contributed by atoms with Gasteiger partial charge in [-0.15, -0.1) is 0 Å². The Balaban J connectivity index is 3.81. The topological polar surface area (TPSA) is 118 Å². The van der Waals surface area contributed by atoms with Gasteiger partial charge in [0.2, 0.25) is 0 Å². The predicted molar refractivity (Wildman–Crippen MR) is 50.2 cm³/mol. The van der Waals surface area contributed by atoms with E-state index < -0.39 is 21.6 Å².